The number of piperidine rings is 1. The number of aromatic nitrogens is 4. The van der Waals surface area contributed by atoms with Crippen LogP contribution in [0.4, 0.5) is 0 Å². The number of rotatable bonds is 5. The number of carbonyl (C=O) groups excluding carboxylic acids is 1. The van der Waals surface area contributed by atoms with Crippen LogP contribution in [-0.2, 0) is 13.0 Å². The number of carbonyl (C=O) groups is 1. The standard InChI is InChI=1S/C21H24N6O2/c28-20(23-8-3-5-19-25-24-18-4-1-2-9-26(18)19)16-6-7-17-15-10-14(11-22-12-15)13-27(17)21(16)29/h1-2,4,6-7,9,14-15,22H,3,5,8,10-13H2,(H,23,28)/t14-,15+/m0/s1. The third-order valence-corrected chi connectivity index (χ3v) is 6.00. The summed E-state index contributed by atoms with van der Waals surface area (Å²) in [4.78, 5) is 25.5. The van der Waals surface area contributed by atoms with E-state index in [2.05, 4.69) is 20.8 Å². The van der Waals surface area contributed by atoms with Gasteiger partial charge in [-0.05, 0) is 49.6 Å². The minimum atomic E-state index is -0.301. The van der Waals surface area contributed by atoms with Crippen molar-refractivity contribution in [3.05, 3.63) is 64.0 Å². The maximum Gasteiger partial charge on any atom is 0.263 e. The molecule has 8 nitrogen and oxygen atoms in total. The van der Waals surface area contributed by atoms with Crippen molar-refractivity contribution in [3.63, 3.8) is 0 Å². The molecule has 0 unspecified atom stereocenters. The molecule has 2 aliphatic heterocycles. The van der Waals surface area contributed by atoms with Gasteiger partial charge in [0.25, 0.3) is 11.5 Å². The summed E-state index contributed by atoms with van der Waals surface area (Å²) in [6.45, 7) is 3.02. The molecule has 1 saturated heterocycles. The van der Waals surface area contributed by atoms with E-state index in [0.29, 0.717) is 31.3 Å². The molecule has 29 heavy (non-hydrogen) atoms. The van der Waals surface area contributed by atoms with Crippen molar-refractivity contribution in [2.24, 2.45) is 5.92 Å². The van der Waals surface area contributed by atoms with E-state index in [-0.39, 0.29) is 17.0 Å². The summed E-state index contributed by atoms with van der Waals surface area (Å²) >= 11 is 0. The van der Waals surface area contributed by atoms with Gasteiger partial charge in [-0.1, -0.05) is 6.07 Å². The van der Waals surface area contributed by atoms with Crippen LogP contribution in [0.2, 0.25) is 0 Å². The minimum Gasteiger partial charge on any atom is -0.352 e. The van der Waals surface area contributed by atoms with Gasteiger partial charge in [0.1, 0.15) is 11.4 Å². The molecule has 150 valence electrons. The van der Waals surface area contributed by atoms with E-state index in [1.807, 2.05) is 39.4 Å². The Bertz CT molecular complexity index is 1120. The zero-order chi connectivity index (χ0) is 19.8. The van der Waals surface area contributed by atoms with Crippen molar-refractivity contribution in [2.75, 3.05) is 19.6 Å². The van der Waals surface area contributed by atoms with Crippen molar-refractivity contribution in [2.45, 2.75) is 31.7 Å². The third-order valence-electron chi connectivity index (χ3n) is 6.00. The molecule has 0 aliphatic carbocycles. The van der Waals surface area contributed by atoms with E-state index in [9.17, 15) is 9.59 Å². The largest absolute Gasteiger partial charge is 0.352 e. The fourth-order valence-electron chi connectivity index (χ4n) is 4.57. The van der Waals surface area contributed by atoms with Gasteiger partial charge < -0.3 is 15.2 Å². The van der Waals surface area contributed by atoms with E-state index in [0.717, 1.165) is 43.1 Å². The molecular formula is C21H24N6O2. The third kappa shape index (κ3) is 3.33. The van der Waals surface area contributed by atoms with Crippen molar-refractivity contribution in [1.29, 1.82) is 0 Å². The highest BCUT2D eigenvalue weighted by molar-refractivity contribution is 5.93. The summed E-state index contributed by atoms with van der Waals surface area (Å²) in [6.07, 6.45) is 4.48. The monoisotopic (exact) mass is 392 g/mol. The van der Waals surface area contributed by atoms with Gasteiger partial charge in [0.2, 0.25) is 0 Å². The molecule has 1 amide bonds. The van der Waals surface area contributed by atoms with Crippen LogP contribution < -0.4 is 16.2 Å². The predicted octanol–water partition coefficient (Wildman–Crippen LogP) is 0.960. The van der Waals surface area contributed by atoms with Crippen LogP contribution in [0.15, 0.2) is 41.3 Å². The number of hydrogen-bond donors (Lipinski definition) is 2. The Kier molecular flexibility index (Phi) is 4.63. The minimum absolute atomic E-state index is 0.167. The van der Waals surface area contributed by atoms with Crippen LogP contribution in [-0.4, -0.2) is 44.7 Å². The van der Waals surface area contributed by atoms with Gasteiger partial charge in [-0.2, -0.15) is 0 Å². The highest BCUT2D eigenvalue weighted by atomic mass is 16.2. The van der Waals surface area contributed by atoms with E-state index < -0.39 is 0 Å². The summed E-state index contributed by atoms with van der Waals surface area (Å²) in [5, 5.41) is 14.7. The molecule has 5 rings (SSSR count). The highest BCUT2D eigenvalue weighted by Crippen LogP contribution is 2.31. The zero-order valence-electron chi connectivity index (χ0n) is 16.2. The Balaban J connectivity index is 1.23. The summed E-state index contributed by atoms with van der Waals surface area (Å²) < 4.78 is 3.76. The molecule has 3 aromatic heterocycles. The first-order valence-corrected chi connectivity index (χ1v) is 10.2. The SMILES string of the molecule is O=C(NCCCc1nnc2ccccn12)c1ccc2n(c1=O)C[C@@H]1CNC[C@H]2C1. The van der Waals surface area contributed by atoms with Crippen molar-refractivity contribution < 1.29 is 4.79 Å². The van der Waals surface area contributed by atoms with Crippen molar-refractivity contribution in [1.82, 2.24) is 29.8 Å². The van der Waals surface area contributed by atoms with Gasteiger partial charge in [0.05, 0.1) is 0 Å². The van der Waals surface area contributed by atoms with Crippen LogP contribution in [0.5, 0.6) is 0 Å². The normalized spacial score (nSPS) is 20.4. The van der Waals surface area contributed by atoms with Gasteiger partial charge in [0, 0.05) is 43.9 Å². The summed E-state index contributed by atoms with van der Waals surface area (Å²) in [6, 6.07) is 9.41. The number of hydrogen-bond acceptors (Lipinski definition) is 5. The summed E-state index contributed by atoms with van der Waals surface area (Å²) in [5.41, 5.74) is 1.93. The molecular weight excluding hydrogens is 368 g/mol. The van der Waals surface area contributed by atoms with Crippen LogP contribution in [0.25, 0.3) is 5.65 Å². The van der Waals surface area contributed by atoms with Crippen molar-refractivity contribution >= 4 is 11.6 Å². The van der Waals surface area contributed by atoms with Gasteiger partial charge in [-0.25, -0.2) is 0 Å². The lowest BCUT2D eigenvalue weighted by atomic mass is 9.84. The number of pyridine rings is 2. The second kappa shape index (κ2) is 7.44. The van der Waals surface area contributed by atoms with E-state index >= 15 is 0 Å². The molecule has 0 radical (unpaired) electrons. The maximum atomic E-state index is 12.9. The molecule has 2 bridgehead atoms. The second-order valence-electron chi connectivity index (χ2n) is 7.95. The predicted molar refractivity (Wildman–Crippen MR) is 108 cm³/mol. The van der Waals surface area contributed by atoms with E-state index in [1.54, 1.807) is 6.07 Å². The molecule has 2 N–H and O–H groups in total. The Morgan fingerprint density at radius 3 is 3.07 bits per heavy atom. The topological polar surface area (TPSA) is 93.3 Å². The van der Waals surface area contributed by atoms with Gasteiger partial charge in [-0.15, -0.1) is 10.2 Å². The first kappa shape index (κ1) is 18.1. The molecule has 1 fully saturated rings. The van der Waals surface area contributed by atoms with Crippen molar-refractivity contribution in [3.8, 4) is 0 Å². The molecule has 5 heterocycles. The number of aryl methyl sites for hydroxylation is 1. The smallest absolute Gasteiger partial charge is 0.263 e. The quantitative estimate of drug-likeness (QED) is 0.631. The fraction of sp³-hybridized carbons (Fsp3) is 0.429. The Labute approximate surface area is 168 Å². The van der Waals surface area contributed by atoms with Crippen LogP contribution in [0.3, 0.4) is 0 Å². The Morgan fingerprint density at radius 2 is 2.14 bits per heavy atom. The number of nitrogens with zero attached hydrogens (tertiary/aromatic N) is 4. The lowest BCUT2D eigenvalue weighted by molar-refractivity contribution is 0.0950. The van der Waals surface area contributed by atoms with E-state index in [1.165, 1.54) is 0 Å². The Hall–Kier alpha value is -3.00. The second-order valence-corrected chi connectivity index (χ2v) is 7.95. The molecule has 8 heteroatoms. The maximum absolute atomic E-state index is 12.9. The molecule has 2 atom stereocenters. The van der Waals surface area contributed by atoms with Gasteiger partial charge in [0.15, 0.2) is 5.65 Å². The highest BCUT2D eigenvalue weighted by Gasteiger charge is 2.31. The zero-order valence-corrected chi connectivity index (χ0v) is 16.2. The Morgan fingerprint density at radius 1 is 1.21 bits per heavy atom. The number of amides is 1. The average molecular weight is 392 g/mol. The van der Waals surface area contributed by atoms with Crippen LogP contribution >= 0.6 is 0 Å². The summed E-state index contributed by atoms with van der Waals surface area (Å²) in [7, 11) is 0. The molecule has 0 spiro atoms. The molecule has 0 aromatic carbocycles. The van der Waals surface area contributed by atoms with E-state index in [4.69, 9.17) is 0 Å². The number of fused-ring (bicyclic) bond motifs is 5. The lowest BCUT2D eigenvalue weighted by Gasteiger charge is -2.37. The average Bonchev–Trinajstić information content (AvgIpc) is 3.15. The van der Waals surface area contributed by atoms with Crippen LogP contribution in [0, 0.1) is 5.92 Å². The molecule has 0 saturated carbocycles. The van der Waals surface area contributed by atoms with Crippen LogP contribution in [0.1, 0.15) is 40.6 Å². The van der Waals surface area contributed by atoms with Gasteiger partial charge in [-0.3, -0.25) is 14.0 Å². The molecule has 3 aromatic rings. The molecule has 2 aliphatic rings. The number of nitrogens with one attached hydrogen (secondary N) is 2. The fourth-order valence-corrected chi connectivity index (χ4v) is 4.57. The van der Waals surface area contributed by atoms with Gasteiger partial charge >= 0.3 is 0 Å². The first-order chi connectivity index (χ1) is 14.2. The first-order valence-electron chi connectivity index (χ1n) is 10.2. The lowest BCUT2D eigenvalue weighted by Crippen LogP contribution is -2.46. The summed E-state index contributed by atoms with van der Waals surface area (Å²) in [5.74, 6) is 1.40.